The maximum absolute atomic E-state index is 12.7. The highest BCUT2D eigenvalue weighted by Crippen LogP contribution is 2.13. The van der Waals surface area contributed by atoms with Gasteiger partial charge in [0.25, 0.3) is 0 Å². The molecule has 0 spiro atoms. The molecule has 0 aromatic rings. The first-order valence-corrected chi connectivity index (χ1v) is 23.3. The van der Waals surface area contributed by atoms with Crippen molar-refractivity contribution in [1.82, 2.24) is 0 Å². The first-order chi connectivity index (χ1) is 28.5. The molecule has 0 aromatic carbocycles. The highest BCUT2D eigenvalue weighted by Gasteiger charge is 2.19. The monoisotopic (exact) mass is 805 g/mol. The van der Waals surface area contributed by atoms with Gasteiger partial charge in [-0.1, -0.05) is 208 Å². The fraction of sp³-hybridized carbons (Fsp3) is 0.635. The predicted molar refractivity (Wildman–Crippen MR) is 247 cm³/mol. The Balaban J connectivity index is 4.48. The summed E-state index contributed by atoms with van der Waals surface area (Å²) in [4.78, 5) is 37.8. The van der Waals surface area contributed by atoms with Crippen LogP contribution in [0.5, 0.6) is 0 Å². The van der Waals surface area contributed by atoms with Gasteiger partial charge in [-0.3, -0.25) is 14.4 Å². The lowest BCUT2D eigenvalue weighted by molar-refractivity contribution is -0.167. The van der Waals surface area contributed by atoms with Crippen molar-refractivity contribution in [1.29, 1.82) is 0 Å². The molecule has 1 atom stereocenters. The number of unbranched alkanes of at least 4 members (excludes halogenated alkanes) is 18. The average Bonchev–Trinajstić information content (AvgIpc) is 3.22. The molecule has 0 aliphatic heterocycles. The molecule has 6 nitrogen and oxygen atoms in total. The first kappa shape index (κ1) is 54.3. The standard InChI is InChI=1S/C52H84O6/c1-4-7-10-13-16-19-21-23-25-26-27-29-30-33-36-39-42-45-51(54)57-48-49(47-56-50(53)44-41-38-35-32-18-15-12-9-6-3)58-52(55)46-43-40-37-34-31-28-24-22-20-17-14-11-8-5-2/h7-8,10-11,13,16-17,19-21,23,25-27,29-30,49H,4-6,9,12,14-15,18,22,24,28,31-48H2,1-3H3/b10-7-,11-8-,16-13-,20-17-,21-19-,25-23-,27-26+,30-29-. The largest absolute Gasteiger partial charge is 0.462 e. The van der Waals surface area contributed by atoms with Gasteiger partial charge in [-0.25, -0.2) is 0 Å². The third kappa shape index (κ3) is 43.5. The highest BCUT2D eigenvalue weighted by molar-refractivity contribution is 5.71. The topological polar surface area (TPSA) is 78.9 Å². The molecule has 0 radical (unpaired) electrons. The van der Waals surface area contributed by atoms with Crippen LogP contribution in [0.15, 0.2) is 97.2 Å². The lowest BCUT2D eigenvalue weighted by Crippen LogP contribution is -2.30. The second-order valence-corrected chi connectivity index (χ2v) is 15.1. The van der Waals surface area contributed by atoms with Crippen LogP contribution < -0.4 is 0 Å². The fourth-order valence-corrected chi connectivity index (χ4v) is 6.04. The molecule has 0 saturated carbocycles. The molecule has 6 heteroatoms. The van der Waals surface area contributed by atoms with Crippen molar-refractivity contribution in [3.8, 4) is 0 Å². The molecule has 0 fully saturated rings. The smallest absolute Gasteiger partial charge is 0.306 e. The summed E-state index contributed by atoms with van der Waals surface area (Å²) in [6.07, 6.45) is 59.6. The molecule has 0 heterocycles. The Labute approximate surface area is 356 Å². The zero-order valence-corrected chi connectivity index (χ0v) is 37.3. The summed E-state index contributed by atoms with van der Waals surface area (Å²) < 4.78 is 16.7. The van der Waals surface area contributed by atoms with E-state index in [1.807, 2.05) is 60.8 Å². The van der Waals surface area contributed by atoms with E-state index in [0.29, 0.717) is 19.3 Å². The van der Waals surface area contributed by atoms with Gasteiger partial charge in [0.1, 0.15) is 13.2 Å². The molecule has 0 rings (SSSR count). The van der Waals surface area contributed by atoms with E-state index in [-0.39, 0.29) is 31.1 Å². The van der Waals surface area contributed by atoms with E-state index < -0.39 is 6.10 Å². The molecule has 328 valence electrons. The number of esters is 3. The zero-order chi connectivity index (χ0) is 42.3. The molecule has 0 bridgehead atoms. The van der Waals surface area contributed by atoms with Crippen LogP contribution >= 0.6 is 0 Å². The van der Waals surface area contributed by atoms with E-state index in [0.717, 1.165) is 89.9 Å². The van der Waals surface area contributed by atoms with E-state index in [2.05, 4.69) is 57.2 Å². The Morgan fingerprint density at radius 3 is 1.26 bits per heavy atom. The minimum absolute atomic E-state index is 0.0958. The van der Waals surface area contributed by atoms with Crippen LogP contribution in [0.25, 0.3) is 0 Å². The zero-order valence-electron chi connectivity index (χ0n) is 37.3. The molecule has 0 aliphatic rings. The van der Waals surface area contributed by atoms with E-state index in [4.69, 9.17) is 14.2 Å². The lowest BCUT2D eigenvalue weighted by Gasteiger charge is -2.18. The van der Waals surface area contributed by atoms with Gasteiger partial charge in [-0.15, -0.1) is 0 Å². The van der Waals surface area contributed by atoms with Crippen molar-refractivity contribution >= 4 is 17.9 Å². The molecule has 0 aromatic heterocycles. The Bertz CT molecular complexity index is 1200. The van der Waals surface area contributed by atoms with Gasteiger partial charge < -0.3 is 14.2 Å². The number of ether oxygens (including phenoxy) is 3. The minimum atomic E-state index is -0.797. The minimum Gasteiger partial charge on any atom is -0.462 e. The Morgan fingerprint density at radius 1 is 0.379 bits per heavy atom. The summed E-state index contributed by atoms with van der Waals surface area (Å²) in [7, 11) is 0. The second-order valence-electron chi connectivity index (χ2n) is 15.1. The molecule has 1 unspecified atom stereocenters. The Kier molecular flexibility index (Phi) is 43.1. The van der Waals surface area contributed by atoms with Crippen molar-refractivity contribution in [2.75, 3.05) is 13.2 Å². The molecule has 0 aliphatic carbocycles. The number of hydrogen-bond acceptors (Lipinski definition) is 6. The first-order valence-electron chi connectivity index (χ1n) is 23.3. The summed E-state index contributed by atoms with van der Waals surface area (Å²) in [5.74, 6) is -0.960. The molecule has 58 heavy (non-hydrogen) atoms. The van der Waals surface area contributed by atoms with E-state index in [1.165, 1.54) is 64.2 Å². The number of allylic oxidation sites excluding steroid dienone is 16. The van der Waals surface area contributed by atoms with Crippen LogP contribution in [-0.2, 0) is 28.6 Å². The van der Waals surface area contributed by atoms with E-state index in [1.54, 1.807) is 0 Å². The third-order valence-corrected chi connectivity index (χ3v) is 9.50. The van der Waals surface area contributed by atoms with Gasteiger partial charge in [-0.2, -0.15) is 0 Å². The number of carbonyl (C=O) groups excluding carboxylic acids is 3. The average molecular weight is 805 g/mol. The molecule has 0 N–H and O–H groups in total. The normalized spacial score (nSPS) is 12.9. The summed E-state index contributed by atoms with van der Waals surface area (Å²) in [6, 6.07) is 0. The van der Waals surface area contributed by atoms with Gasteiger partial charge in [0.2, 0.25) is 0 Å². The van der Waals surface area contributed by atoms with Crippen LogP contribution in [0, 0.1) is 0 Å². The molecular weight excluding hydrogens is 721 g/mol. The summed E-state index contributed by atoms with van der Waals surface area (Å²) in [6.45, 7) is 6.30. The summed E-state index contributed by atoms with van der Waals surface area (Å²) >= 11 is 0. The number of rotatable bonds is 40. The van der Waals surface area contributed by atoms with Crippen LogP contribution in [-0.4, -0.2) is 37.2 Å². The van der Waals surface area contributed by atoms with E-state index in [9.17, 15) is 14.4 Å². The highest BCUT2D eigenvalue weighted by atomic mass is 16.6. The Morgan fingerprint density at radius 2 is 0.759 bits per heavy atom. The molecule has 0 saturated heterocycles. The number of hydrogen-bond donors (Lipinski definition) is 0. The van der Waals surface area contributed by atoms with Crippen LogP contribution in [0.1, 0.15) is 194 Å². The van der Waals surface area contributed by atoms with Crippen molar-refractivity contribution < 1.29 is 28.6 Å². The van der Waals surface area contributed by atoms with Gasteiger partial charge in [0, 0.05) is 19.3 Å². The van der Waals surface area contributed by atoms with Crippen LogP contribution in [0.2, 0.25) is 0 Å². The van der Waals surface area contributed by atoms with Crippen LogP contribution in [0.4, 0.5) is 0 Å². The van der Waals surface area contributed by atoms with E-state index >= 15 is 0 Å². The van der Waals surface area contributed by atoms with Crippen molar-refractivity contribution in [2.45, 2.75) is 200 Å². The predicted octanol–water partition coefficient (Wildman–Crippen LogP) is 15.0. The lowest BCUT2D eigenvalue weighted by atomic mass is 10.1. The van der Waals surface area contributed by atoms with Crippen molar-refractivity contribution in [2.24, 2.45) is 0 Å². The van der Waals surface area contributed by atoms with Crippen LogP contribution in [0.3, 0.4) is 0 Å². The number of carbonyl (C=O) groups is 3. The molecule has 0 amide bonds. The maximum Gasteiger partial charge on any atom is 0.306 e. The third-order valence-electron chi connectivity index (χ3n) is 9.50. The fourth-order valence-electron chi connectivity index (χ4n) is 6.04. The summed E-state index contributed by atoms with van der Waals surface area (Å²) in [5, 5.41) is 0. The Hall–Kier alpha value is -3.67. The van der Waals surface area contributed by atoms with Gasteiger partial charge in [0.15, 0.2) is 6.10 Å². The van der Waals surface area contributed by atoms with Crippen molar-refractivity contribution in [3.63, 3.8) is 0 Å². The van der Waals surface area contributed by atoms with Crippen molar-refractivity contribution in [3.05, 3.63) is 97.2 Å². The van der Waals surface area contributed by atoms with Gasteiger partial charge in [-0.05, 0) is 64.2 Å². The summed E-state index contributed by atoms with van der Waals surface area (Å²) in [5.41, 5.74) is 0. The SMILES string of the molecule is CC\C=C/C=C\C=C/C=C\C=C\C=C/CCCCCC(=O)OCC(COC(=O)CCCCCCCCCCC)OC(=O)CCCCCCCCC/C=C\C/C=C\CC. The van der Waals surface area contributed by atoms with Gasteiger partial charge in [0.05, 0.1) is 0 Å². The quantitative estimate of drug-likeness (QED) is 0.0202. The second kappa shape index (κ2) is 46.0. The van der Waals surface area contributed by atoms with Gasteiger partial charge >= 0.3 is 17.9 Å². The maximum atomic E-state index is 12.7. The molecular formula is C52H84O6.